The third-order valence-electron chi connectivity index (χ3n) is 5.58. The highest BCUT2D eigenvalue weighted by atomic mass is 79.9. The molecule has 0 bridgehead atoms. The Morgan fingerprint density at radius 3 is 2.47 bits per heavy atom. The number of methoxy groups -OCH3 is 1. The molecule has 7 heteroatoms. The molecular formula is C27H28BrN3O3. The fraction of sp³-hybridized carbons (Fsp3) is 0.259. The van der Waals surface area contributed by atoms with Crippen LogP contribution in [0.1, 0.15) is 29.0 Å². The Bertz CT molecular complexity index is 1220. The van der Waals surface area contributed by atoms with Crippen molar-refractivity contribution in [2.24, 2.45) is 0 Å². The summed E-state index contributed by atoms with van der Waals surface area (Å²) in [6.07, 6.45) is 2.56. The number of benzene rings is 3. The monoisotopic (exact) mass is 521 g/mol. The van der Waals surface area contributed by atoms with Crippen molar-refractivity contribution in [2.75, 3.05) is 20.3 Å². The zero-order chi connectivity index (χ0) is 23.8. The number of carbonyl (C=O) groups is 1. The number of fused-ring (bicyclic) bond motifs is 1. The summed E-state index contributed by atoms with van der Waals surface area (Å²) in [7, 11) is 1.65. The van der Waals surface area contributed by atoms with Crippen molar-refractivity contribution in [3.8, 4) is 11.5 Å². The minimum absolute atomic E-state index is 0.0779. The molecule has 4 aromatic rings. The zero-order valence-corrected chi connectivity index (χ0v) is 20.8. The SMILES string of the molecule is COc1ccc(OCCCCn2c(CCNC(=O)c3ccc(Br)cc3)nc3ccccc32)cc1. The molecule has 3 aromatic carbocycles. The zero-order valence-electron chi connectivity index (χ0n) is 19.2. The molecule has 1 aromatic heterocycles. The van der Waals surface area contributed by atoms with Gasteiger partial charge in [0.15, 0.2) is 0 Å². The number of amides is 1. The van der Waals surface area contributed by atoms with Crippen molar-refractivity contribution < 1.29 is 14.3 Å². The highest BCUT2D eigenvalue weighted by Gasteiger charge is 2.11. The first-order chi connectivity index (χ1) is 16.6. The van der Waals surface area contributed by atoms with Crippen LogP contribution in [-0.2, 0) is 13.0 Å². The van der Waals surface area contributed by atoms with Gasteiger partial charge >= 0.3 is 0 Å². The number of aryl methyl sites for hydroxylation is 1. The minimum atomic E-state index is -0.0779. The molecule has 0 saturated carbocycles. The van der Waals surface area contributed by atoms with E-state index in [0.717, 1.165) is 52.2 Å². The maximum absolute atomic E-state index is 12.4. The van der Waals surface area contributed by atoms with E-state index in [4.69, 9.17) is 14.5 Å². The maximum Gasteiger partial charge on any atom is 0.251 e. The molecule has 0 fully saturated rings. The summed E-state index contributed by atoms with van der Waals surface area (Å²) in [4.78, 5) is 17.2. The summed E-state index contributed by atoms with van der Waals surface area (Å²) in [5, 5.41) is 3.00. The number of ether oxygens (including phenoxy) is 2. The fourth-order valence-electron chi connectivity index (χ4n) is 3.79. The van der Waals surface area contributed by atoms with Crippen molar-refractivity contribution >= 4 is 32.9 Å². The number of halogens is 1. The van der Waals surface area contributed by atoms with Crippen molar-refractivity contribution in [1.29, 1.82) is 0 Å². The number of unbranched alkanes of at least 4 members (excludes halogenated alkanes) is 1. The van der Waals surface area contributed by atoms with Crippen LogP contribution in [-0.4, -0.2) is 35.7 Å². The largest absolute Gasteiger partial charge is 0.497 e. The van der Waals surface area contributed by atoms with Gasteiger partial charge in [-0.2, -0.15) is 0 Å². The lowest BCUT2D eigenvalue weighted by molar-refractivity contribution is 0.0954. The van der Waals surface area contributed by atoms with E-state index >= 15 is 0 Å². The Morgan fingerprint density at radius 2 is 1.71 bits per heavy atom. The predicted molar refractivity (Wildman–Crippen MR) is 138 cm³/mol. The molecule has 0 unspecified atom stereocenters. The molecule has 0 saturated heterocycles. The summed E-state index contributed by atoms with van der Waals surface area (Å²) in [5.41, 5.74) is 2.74. The van der Waals surface area contributed by atoms with Gasteiger partial charge in [0, 0.05) is 29.5 Å². The highest BCUT2D eigenvalue weighted by Crippen LogP contribution is 2.19. The van der Waals surface area contributed by atoms with Gasteiger partial charge in [0.25, 0.3) is 5.91 Å². The summed E-state index contributed by atoms with van der Waals surface area (Å²) >= 11 is 3.39. The Balaban J connectivity index is 1.31. The smallest absolute Gasteiger partial charge is 0.251 e. The number of hydrogen-bond donors (Lipinski definition) is 1. The van der Waals surface area contributed by atoms with Crippen LogP contribution in [0.2, 0.25) is 0 Å². The summed E-state index contributed by atoms with van der Waals surface area (Å²) in [5.74, 6) is 2.57. The van der Waals surface area contributed by atoms with E-state index in [1.165, 1.54) is 0 Å². The van der Waals surface area contributed by atoms with Gasteiger partial charge < -0.3 is 19.4 Å². The molecular weight excluding hydrogens is 494 g/mol. The molecule has 0 aliphatic carbocycles. The molecule has 0 aliphatic heterocycles. The van der Waals surface area contributed by atoms with Gasteiger partial charge in [-0.25, -0.2) is 4.98 Å². The van der Waals surface area contributed by atoms with Gasteiger partial charge in [0.2, 0.25) is 0 Å². The summed E-state index contributed by atoms with van der Waals surface area (Å²) < 4.78 is 14.2. The first-order valence-electron chi connectivity index (χ1n) is 11.4. The van der Waals surface area contributed by atoms with Gasteiger partial charge in [-0.1, -0.05) is 28.1 Å². The van der Waals surface area contributed by atoms with Crippen molar-refractivity contribution in [3.63, 3.8) is 0 Å². The Kier molecular flexibility index (Phi) is 8.20. The first-order valence-corrected chi connectivity index (χ1v) is 12.2. The van der Waals surface area contributed by atoms with Crippen LogP contribution in [0.3, 0.4) is 0 Å². The van der Waals surface area contributed by atoms with Gasteiger partial charge in [-0.3, -0.25) is 4.79 Å². The van der Waals surface area contributed by atoms with Gasteiger partial charge in [-0.15, -0.1) is 0 Å². The lowest BCUT2D eigenvalue weighted by Crippen LogP contribution is -2.26. The summed E-state index contributed by atoms with van der Waals surface area (Å²) in [6, 6.07) is 23.1. The molecule has 1 N–H and O–H groups in total. The number of nitrogens with zero attached hydrogens (tertiary/aromatic N) is 2. The number of hydrogen-bond acceptors (Lipinski definition) is 4. The molecule has 176 valence electrons. The van der Waals surface area contributed by atoms with Crippen LogP contribution in [0.15, 0.2) is 77.3 Å². The van der Waals surface area contributed by atoms with E-state index in [9.17, 15) is 4.79 Å². The molecule has 4 rings (SSSR count). The van der Waals surface area contributed by atoms with Crippen molar-refractivity contribution in [1.82, 2.24) is 14.9 Å². The van der Waals surface area contributed by atoms with Crippen LogP contribution in [0.25, 0.3) is 11.0 Å². The standard InChI is InChI=1S/C27H28BrN3O3/c1-33-22-12-14-23(15-13-22)34-19-5-4-18-31-25-7-3-2-6-24(25)30-26(31)16-17-29-27(32)20-8-10-21(28)11-9-20/h2-3,6-15H,4-5,16-19H2,1H3,(H,29,32). The Labute approximate surface area is 208 Å². The lowest BCUT2D eigenvalue weighted by atomic mass is 10.2. The molecule has 34 heavy (non-hydrogen) atoms. The van der Waals surface area contributed by atoms with Crippen LogP contribution in [0.4, 0.5) is 0 Å². The predicted octanol–water partition coefficient (Wildman–Crippen LogP) is 5.64. The number of imidazole rings is 1. The average molecular weight is 522 g/mol. The number of nitrogens with one attached hydrogen (secondary N) is 1. The van der Waals surface area contributed by atoms with Crippen LogP contribution < -0.4 is 14.8 Å². The van der Waals surface area contributed by atoms with Crippen molar-refractivity contribution in [2.45, 2.75) is 25.8 Å². The molecule has 0 aliphatic rings. The van der Waals surface area contributed by atoms with Crippen LogP contribution in [0.5, 0.6) is 11.5 Å². The second kappa shape index (κ2) is 11.7. The molecule has 1 amide bonds. The normalized spacial score (nSPS) is 10.9. The topological polar surface area (TPSA) is 65.4 Å². The highest BCUT2D eigenvalue weighted by molar-refractivity contribution is 9.10. The van der Waals surface area contributed by atoms with Crippen LogP contribution >= 0.6 is 15.9 Å². The Hall–Kier alpha value is -3.32. The van der Waals surface area contributed by atoms with E-state index in [1.54, 1.807) is 7.11 Å². The minimum Gasteiger partial charge on any atom is -0.497 e. The van der Waals surface area contributed by atoms with Crippen LogP contribution in [0, 0.1) is 0 Å². The van der Waals surface area contributed by atoms with E-state index in [0.29, 0.717) is 25.1 Å². The Morgan fingerprint density at radius 1 is 0.971 bits per heavy atom. The fourth-order valence-corrected chi connectivity index (χ4v) is 4.06. The molecule has 0 radical (unpaired) electrons. The second-order valence-electron chi connectivity index (χ2n) is 7.91. The number of carbonyl (C=O) groups excluding carboxylic acids is 1. The quantitative estimate of drug-likeness (QED) is 0.259. The molecule has 0 atom stereocenters. The average Bonchev–Trinajstić information content (AvgIpc) is 3.22. The van der Waals surface area contributed by atoms with Gasteiger partial charge in [0.1, 0.15) is 17.3 Å². The second-order valence-corrected chi connectivity index (χ2v) is 8.83. The third-order valence-corrected chi connectivity index (χ3v) is 6.11. The number of aromatic nitrogens is 2. The van der Waals surface area contributed by atoms with Crippen molar-refractivity contribution in [3.05, 3.63) is 88.7 Å². The van der Waals surface area contributed by atoms with E-state index in [1.807, 2.05) is 66.7 Å². The van der Waals surface area contributed by atoms with E-state index < -0.39 is 0 Å². The number of para-hydroxylation sites is 2. The first kappa shape index (κ1) is 23.8. The number of rotatable bonds is 11. The third kappa shape index (κ3) is 6.17. The van der Waals surface area contributed by atoms with E-state index in [-0.39, 0.29) is 5.91 Å². The van der Waals surface area contributed by atoms with E-state index in [2.05, 4.69) is 31.9 Å². The summed E-state index contributed by atoms with van der Waals surface area (Å²) in [6.45, 7) is 2.03. The molecule has 6 nitrogen and oxygen atoms in total. The maximum atomic E-state index is 12.4. The molecule has 1 heterocycles. The lowest BCUT2D eigenvalue weighted by Gasteiger charge is -2.11. The van der Waals surface area contributed by atoms with Gasteiger partial charge in [0.05, 0.1) is 24.8 Å². The van der Waals surface area contributed by atoms with Gasteiger partial charge in [-0.05, 0) is 73.5 Å². The molecule has 0 spiro atoms.